The van der Waals surface area contributed by atoms with Gasteiger partial charge in [0.25, 0.3) is 0 Å². The summed E-state index contributed by atoms with van der Waals surface area (Å²) < 4.78 is 0. The molecule has 1 aromatic rings. The second kappa shape index (κ2) is 5.07. The first-order valence-electron chi connectivity index (χ1n) is 4.49. The molecule has 0 bridgehead atoms. The fraction of sp³-hybridized carbons (Fsp3) is 0.500. The second-order valence-corrected chi connectivity index (χ2v) is 4.04. The number of alkyl halides is 1. The van der Waals surface area contributed by atoms with Crippen LogP contribution in [0.3, 0.4) is 0 Å². The lowest BCUT2D eigenvalue weighted by Gasteiger charge is -2.15. The van der Waals surface area contributed by atoms with Crippen molar-refractivity contribution in [3.63, 3.8) is 0 Å². The summed E-state index contributed by atoms with van der Waals surface area (Å²) in [4.78, 5) is 3.95. The summed E-state index contributed by atoms with van der Waals surface area (Å²) in [6.07, 6.45) is 4.52. The maximum absolute atomic E-state index is 5.89. The van der Waals surface area contributed by atoms with Gasteiger partial charge in [0.15, 0.2) is 0 Å². The van der Waals surface area contributed by atoms with Gasteiger partial charge in [-0.05, 0) is 32.4 Å². The van der Waals surface area contributed by atoms with E-state index in [1.165, 1.54) is 0 Å². The van der Waals surface area contributed by atoms with E-state index in [-0.39, 0.29) is 5.38 Å². The largest absolute Gasteiger partial charge is 0.382 e. The summed E-state index contributed by atoms with van der Waals surface area (Å²) in [5.74, 6) is 0. The standard InChI is InChI=1S/C10H15ClN2/c1-8(11)7-9(2)13-10-3-5-12-6-4-10/h3-6,8-9H,7H2,1-2H3,(H,12,13). The van der Waals surface area contributed by atoms with Crippen LogP contribution in [0.1, 0.15) is 20.3 Å². The van der Waals surface area contributed by atoms with Gasteiger partial charge in [0, 0.05) is 29.5 Å². The predicted octanol–water partition coefficient (Wildman–Crippen LogP) is 2.90. The number of nitrogens with zero attached hydrogens (tertiary/aromatic N) is 1. The SMILES string of the molecule is CC(Cl)CC(C)Nc1ccncc1. The number of halogens is 1. The minimum Gasteiger partial charge on any atom is -0.382 e. The minimum atomic E-state index is 0.212. The zero-order chi connectivity index (χ0) is 9.68. The van der Waals surface area contributed by atoms with E-state index in [2.05, 4.69) is 17.2 Å². The highest BCUT2D eigenvalue weighted by atomic mass is 35.5. The Kier molecular flexibility index (Phi) is 4.03. The number of nitrogens with one attached hydrogen (secondary N) is 1. The molecule has 0 saturated heterocycles. The predicted molar refractivity (Wildman–Crippen MR) is 57.3 cm³/mol. The van der Waals surface area contributed by atoms with Gasteiger partial charge in [-0.1, -0.05) is 0 Å². The molecule has 2 unspecified atom stereocenters. The van der Waals surface area contributed by atoms with Crippen molar-refractivity contribution < 1.29 is 0 Å². The maximum atomic E-state index is 5.89. The van der Waals surface area contributed by atoms with Gasteiger partial charge in [-0.15, -0.1) is 11.6 Å². The van der Waals surface area contributed by atoms with Crippen LogP contribution in [-0.2, 0) is 0 Å². The van der Waals surface area contributed by atoms with Crippen molar-refractivity contribution in [1.82, 2.24) is 4.98 Å². The highest BCUT2D eigenvalue weighted by Gasteiger charge is 2.05. The van der Waals surface area contributed by atoms with E-state index < -0.39 is 0 Å². The van der Waals surface area contributed by atoms with Crippen molar-refractivity contribution >= 4 is 17.3 Å². The van der Waals surface area contributed by atoms with Gasteiger partial charge >= 0.3 is 0 Å². The number of rotatable bonds is 4. The van der Waals surface area contributed by atoms with Crippen LogP contribution < -0.4 is 5.32 Å². The zero-order valence-electron chi connectivity index (χ0n) is 8.00. The molecule has 0 fully saturated rings. The van der Waals surface area contributed by atoms with E-state index in [4.69, 9.17) is 11.6 Å². The van der Waals surface area contributed by atoms with Crippen LogP contribution in [0.5, 0.6) is 0 Å². The van der Waals surface area contributed by atoms with Crippen LogP contribution >= 0.6 is 11.6 Å². The molecule has 0 aromatic carbocycles. The van der Waals surface area contributed by atoms with E-state index in [9.17, 15) is 0 Å². The number of hydrogen-bond donors (Lipinski definition) is 1. The fourth-order valence-electron chi connectivity index (χ4n) is 1.28. The van der Waals surface area contributed by atoms with Gasteiger partial charge in [0.2, 0.25) is 0 Å². The Morgan fingerprint density at radius 3 is 2.54 bits per heavy atom. The maximum Gasteiger partial charge on any atom is 0.0373 e. The summed E-state index contributed by atoms with van der Waals surface area (Å²) in [6, 6.07) is 4.31. The summed E-state index contributed by atoms with van der Waals surface area (Å²) in [5, 5.41) is 3.56. The van der Waals surface area contributed by atoms with Gasteiger partial charge in [-0.3, -0.25) is 4.98 Å². The Hall–Kier alpha value is -0.760. The van der Waals surface area contributed by atoms with Crippen LogP contribution in [0.4, 0.5) is 5.69 Å². The minimum absolute atomic E-state index is 0.212. The molecule has 0 amide bonds. The zero-order valence-corrected chi connectivity index (χ0v) is 8.75. The average Bonchev–Trinajstić information content (AvgIpc) is 2.04. The molecular formula is C10H15ClN2. The van der Waals surface area contributed by atoms with Gasteiger partial charge in [0.1, 0.15) is 0 Å². The van der Waals surface area contributed by atoms with Crippen molar-refractivity contribution in [3.05, 3.63) is 24.5 Å². The van der Waals surface area contributed by atoms with Crippen molar-refractivity contribution in [2.24, 2.45) is 0 Å². The Bertz CT molecular complexity index is 236. The first kappa shape index (κ1) is 10.3. The van der Waals surface area contributed by atoms with Crippen molar-refractivity contribution in [2.75, 3.05) is 5.32 Å². The molecule has 72 valence electrons. The van der Waals surface area contributed by atoms with E-state index in [1.807, 2.05) is 19.1 Å². The molecule has 13 heavy (non-hydrogen) atoms. The quantitative estimate of drug-likeness (QED) is 0.753. The molecule has 2 atom stereocenters. The van der Waals surface area contributed by atoms with Crippen LogP contribution in [-0.4, -0.2) is 16.4 Å². The van der Waals surface area contributed by atoms with Crippen LogP contribution in [0.2, 0.25) is 0 Å². The van der Waals surface area contributed by atoms with Crippen molar-refractivity contribution in [3.8, 4) is 0 Å². The van der Waals surface area contributed by atoms with Gasteiger partial charge in [-0.2, -0.15) is 0 Å². The lowest BCUT2D eigenvalue weighted by atomic mass is 10.2. The molecule has 1 heterocycles. The van der Waals surface area contributed by atoms with E-state index in [1.54, 1.807) is 12.4 Å². The molecule has 1 aromatic heterocycles. The first-order valence-corrected chi connectivity index (χ1v) is 4.92. The van der Waals surface area contributed by atoms with Crippen LogP contribution in [0, 0.1) is 0 Å². The Labute approximate surface area is 84.3 Å². The first-order chi connectivity index (χ1) is 6.18. The third-order valence-corrected chi connectivity index (χ3v) is 1.95. The van der Waals surface area contributed by atoms with Crippen LogP contribution in [0.25, 0.3) is 0 Å². The molecule has 1 rings (SSSR count). The molecule has 0 aliphatic carbocycles. The molecule has 0 radical (unpaired) electrons. The summed E-state index contributed by atoms with van der Waals surface area (Å²) in [5.41, 5.74) is 1.10. The third kappa shape index (κ3) is 4.13. The lowest BCUT2D eigenvalue weighted by Crippen LogP contribution is -2.18. The van der Waals surface area contributed by atoms with Gasteiger partial charge in [-0.25, -0.2) is 0 Å². The smallest absolute Gasteiger partial charge is 0.0373 e. The molecule has 0 saturated carbocycles. The summed E-state index contributed by atoms with van der Waals surface area (Å²) in [6.45, 7) is 4.13. The monoisotopic (exact) mass is 198 g/mol. The van der Waals surface area contributed by atoms with Crippen LogP contribution in [0.15, 0.2) is 24.5 Å². The lowest BCUT2D eigenvalue weighted by molar-refractivity contribution is 0.696. The topological polar surface area (TPSA) is 24.9 Å². The molecule has 1 N–H and O–H groups in total. The number of anilines is 1. The highest BCUT2D eigenvalue weighted by molar-refractivity contribution is 6.20. The number of hydrogen-bond acceptors (Lipinski definition) is 2. The van der Waals surface area contributed by atoms with E-state index >= 15 is 0 Å². The van der Waals surface area contributed by atoms with E-state index in [0.29, 0.717) is 6.04 Å². The number of pyridine rings is 1. The fourth-order valence-corrected chi connectivity index (χ4v) is 1.55. The molecule has 0 aliphatic rings. The highest BCUT2D eigenvalue weighted by Crippen LogP contribution is 2.10. The summed E-state index contributed by atoms with van der Waals surface area (Å²) in [7, 11) is 0. The van der Waals surface area contributed by atoms with E-state index in [0.717, 1.165) is 12.1 Å². The van der Waals surface area contributed by atoms with Gasteiger partial charge < -0.3 is 5.32 Å². The van der Waals surface area contributed by atoms with Gasteiger partial charge in [0.05, 0.1) is 0 Å². The Morgan fingerprint density at radius 2 is 2.00 bits per heavy atom. The third-order valence-electron chi connectivity index (χ3n) is 1.77. The normalized spacial score (nSPS) is 15.0. The molecule has 0 aliphatic heterocycles. The molecule has 3 heteroatoms. The molecule has 2 nitrogen and oxygen atoms in total. The van der Waals surface area contributed by atoms with Crippen molar-refractivity contribution in [2.45, 2.75) is 31.7 Å². The van der Waals surface area contributed by atoms with Crippen molar-refractivity contribution in [1.29, 1.82) is 0 Å². The Balaban J connectivity index is 2.41. The average molecular weight is 199 g/mol. The summed E-state index contributed by atoms with van der Waals surface area (Å²) >= 11 is 5.89. The molecule has 0 spiro atoms. The Morgan fingerprint density at radius 1 is 1.38 bits per heavy atom. The molecular weight excluding hydrogens is 184 g/mol. The number of aromatic nitrogens is 1. The second-order valence-electron chi connectivity index (χ2n) is 3.30.